The molecule has 0 amide bonds. The Labute approximate surface area is 236 Å². The van der Waals surface area contributed by atoms with E-state index in [-0.39, 0.29) is 30.9 Å². The molecule has 0 spiro atoms. The number of halogens is 2. The van der Waals surface area contributed by atoms with Gasteiger partial charge in [0.25, 0.3) is 0 Å². The topological polar surface area (TPSA) is 90.5 Å². The maximum atomic E-state index is 15.5. The highest BCUT2D eigenvalue weighted by molar-refractivity contribution is 7.16. The van der Waals surface area contributed by atoms with Gasteiger partial charge in [-0.15, -0.1) is 0 Å². The summed E-state index contributed by atoms with van der Waals surface area (Å²) in [5.74, 6) is -0.583. The lowest BCUT2D eigenvalue weighted by molar-refractivity contribution is -0.145. The Hall–Kier alpha value is -3.40. The molecule has 0 radical (unpaired) electrons. The summed E-state index contributed by atoms with van der Waals surface area (Å²) >= 11 is 1.27. The number of carbonyl (C=O) groups is 1. The number of rotatable bonds is 8. The van der Waals surface area contributed by atoms with Gasteiger partial charge in [0.15, 0.2) is 5.13 Å². The van der Waals surface area contributed by atoms with E-state index in [1.165, 1.54) is 23.5 Å². The molecule has 0 bridgehead atoms. The van der Waals surface area contributed by atoms with Gasteiger partial charge >= 0.3 is 5.97 Å². The number of alkyl halides is 1. The van der Waals surface area contributed by atoms with E-state index in [2.05, 4.69) is 15.9 Å². The summed E-state index contributed by atoms with van der Waals surface area (Å²) in [4.78, 5) is 23.3. The molecule has 40 heavy (non-hydrogen) atoms. The van der Waals surface area contributed by atoms with Crippen LogP contribution in [0.3, 0.4) is 0 Å². The number of nitriles is 1. The number of piperazine rings is 1. The van der Waals surface area contributed by atoms with Crippen LogP contribution in [0.25, 0.3) is 11.3 Å². The number of fused-ring (bicyclic) bond motifs is 1. The lowest BCUT2D eigenvalue weighted by Crippen LogP contribution is -2.56. The van der Waals surface area contributed by atoms with E-state index in [1.807, 2.05) is 18.9 Å². The zero-order valence-electron chi connectivity index (χ0n) is 22.9. The van der Waals surface area contributed by atoms with Crippen LogP contribution in [0.4, 0.5) is 19.6 Å². The van der Waals surface area contributed by atoms with Gasteiger partial charge in [-0.1, -0.05) is 18.3 Å². The molecule has 1 saturated heterocycles. The van der Waals surface area contributed by atoms with Crippen LogP contribution in [-0.2, 0) is 28.9 Å². The normalized spacial score (nSPS) is 19.7. The van der Waals surface area contributed by atoms with Gasteiger partial charge in [-0.2, -0.15) is 10.4 Å². The van der Waals surface area contributed by atoms with E-state index in [1.54, 1.807) is 23.7 Å². The number of ether oxygens (including phenoxy) is 1. The number of aromatic nitrogens is 3. The summed E-state index contributed by atoms with van der Waals surface area (Å²) in [6, 6.07) is 7.87. The number of hydrogen-bond donors (Lipinski definition) is 0. The van der Waals surface area contributed by atoms with E-state index in [9.17, 15) is 14.4 Å². The van der Waals surface area contributed by atoms with Crippen LogP contribution < -0.4 is 4.90 Å². The maximum absolute atomic E-state index is 15.5. The molecule has 2 unspecified atom stereocenters. The first-order valence-corrected chi connectivity index (χ1v) is 14.4. The highest BCUT2D eigenvalue weighted by Crippen LogP contribution is 2.40. The molecule has 0 saturated carbocycles. The second kappa shape index (κ2) is 12.0. The fourth-order valence-electron chi connectivity index (χ4n) is 5.56. The van der Waals surface area contributed by atoms with Gasteiger partial charge in [0.2, 0.25) is 0 Å². The van der Waals surface area contributed by atoms with Gasteiger partial charge in [-0.05, 0) is 37.6 Å². The molecule has 2 aromatic heterocycles. The molecule has 2 atom stereocenters. The van der Waals surface area contributed by atoms with E-state index < -0.39 is 6.17 Å². The van der Waals surface area contributed by atoms with Crippen molar-refractivity contribution in [1.29, 1.82) is 5.26 Å². The number of nitrogens with zero attached hydrogens (tertiary/aromatic N) is 7. The van der Waals surface area contributed by atoms with Gasteiger partial charge in [0, 0.05) is 51.3 Å². The fourth-order valence-corrected chi connectivity index (χ4v) is 6.41. The molecule has 2 aliphatic rings. The van der Waals surface area contributed by atoms with Crippen molar-refractivity contribution in [3.8, 4) is 17.3 Å². The second-order valence-electron chi connectivity index (χ2n) is 10.0. The van der Waals surface area contributed by atoms with Crippen LogP contribution in [0.15, 0.2) is 24.3 Å². The number of hydrogen-bond acceptors (Lipinski definition) is 9. The summed E-state index contributed by atoms with van der Waals surface area (Å²) in [5.41, 5.74) is 3.87. The van der Waals surface area contributed by atoms with Crippen LogP contribution in [0, 0.1) is 17.1 Å². The third kappa shape index (κ3) is 5.59. The molecule has 5 rings (SSSR count). The Balaban J connectivity index is 1.38. The van der Waals surface area contributed by atoms with Gasteiger partial charge in [0.1, 0.15) is 28.6 Å². The van der Waals surface area contributed by atoms with Crippen molar-refractivity contribution in [2.75, 3.05) is 51.3 Å². The van der Waals surface area contributed by atoms with Gasteiger partial charge < -0.3 is 9.64 Å². The first kappa shape index (κ1) is 28.1. The Morgan fingerprint density at radius 2 is 1.95 bits per heavy atom. The van der Waals surface area contributed by atoms with Gasteiger partial charge in [-0.3, -0.25) is 19.3 Å². The van der Waals surface area contributed by atoms with Crippen LogP contribution in [0.1, 0.15) is 30.1 Å². The largest absolute Gasteiger partial charge is 0.465 e. The standard InChI is InChI=1S/C28H33F2N7O2S/c1-4-21-27(34(3)28-32-26(24(15-31)40-28)18-6-8-19(29)9-7-18)23-14-22(20(30)16-37(23)33-21)36-12-10-35(11-13-36)17-25(38)39-5-2/h6-9,20,22H,4-5,10-14,16-17H2,1-3H3. The predicted molar refractivity (Wildman–Crippen MR) is 149 cm³/mol. The molecule has 0 N–H and O–H groups in total. The summed E-state index contributed by atoms with van der Waals surface area (Å²) in [7, 11) is 1.90. The third-order valence-electron chi connectivity index (χ3n) is 7.59. The van der Waals surface area contributed by atoms with E-state index in [0.29, 0.717) is 66.9 Å². The molecule has 2 aliphatic heterocycles. The van der Waals surface area contributed by atoms with Crippen molar-refractivity contribution >= 4 is 28.1 Å². The fraction of sp³-hybridized carbons (Fsp3) is 0.500. The maximum Gasteiger partial charge on any atom is 0.320 e. The monoisotopic (exact) mass is 569 g/mol. The van der Waals surface area contributed by atoms with Crippen molar-refractivity contribution in [1.82, 2.24) is 24.6 Å². The molecule has 4 heterocycles. The number of esters is 1. The van der Waals surface area contributed by atoms with Crippen molar-refractivity contribution in [3.05, 3.63) is 46.3 Å². The molecule has 1 fully saturated rings. The van der Waals surface area contributed by atoms with Gasteiger partial charge in [0.05, 0.1) is 36.8 Å². The van der Waals surface area contributed by atoms with E-state index in [4.69, 9.17) is 14.8 Å². The van der Waals surface area contributed by atoms with E-state index in [0.717, 1.165) is 17.1 Å². The average Bonchev–Trinajstić information content (AvgIpc) is 3.54. The number of anilines is 2. The second-order valence-corrected chi connectivity index (χ2v) is 11.0. The van der Waals surface area contributed by atoms with Crippen LogP contribution in [-0.4, -0.2) is 89.1 Å². The SMILES string of the molecule is CCOC(=O)CN1CCN(C2Cc3c(N(C)c4nc(-c5ccc(F)cc5)c(C#N)s4)c(CC)nn3CC2F)CC1. The minimum Gasteiger partial charge on any atom is -0.465 e. The molecular weight excluding hydrogens is 536 g/mol. The number of aryl methyl sites for hydroxylation is 1. The predicted octanol–water partition coefficient (Wildman–Crippen LogP) is 3.79. The molecule has 1 aromatic carbocycles. The van der Waals surface area contributed by atoms with Crippen molar-refractivity contribution < 1.29 is 18.3 Å². The Kier molecular flexibility index (Phi) is 8.44. The highest BCUT2D eigenvalue weighted by atomic mass is 32.1. The Morgan fingerprint density at radius 3 is 2.60 bits per heavy atom. The molecule has 12 heteroatoms. The highest BCUT2D eigenvalue weighted by Gasteiger charge is 2.38. The van der Waals surface area contributed by atoms with E-state index >= 15 is 4.39 Å². The molecule has 0 aliphatic carbocycles. The Bertz CT molecular complexity index is 1390. The number of carbonyl (C=O) groups excluding carboxylic acids is 1. The van der Waals surface area contributed by atoms with Crippen molar-refractivity contribution in [2.45, 2.75) is 45.4 Å². The minimum absolute atomic E-state index is 0.173. The minimum atomic E-state index is -1.07. The van der Waals surface area contributed by atoms with Crippen molar-refractivity contribution in [2.24, 2.45) is 0 Å². The molecule has 9 nitrogen and oxygen atoms in total. The zero-order chi connectivity index (χ0) is 28.4. The zero-order valence-corrected chi connectivity index (χ0v) is 23.8. The smallest absolute Gasteiger partial charge is 0.320 e. The lowest BCUT2D eigenvalue weighted by atomic mass is 9.98. The van der Waals surface area contributed by atoms with Crippen LogP contribution in [0.2, 0.25) is 0 Å². The lowest BCUT2D eigenvalue weighted by Gasteiger charge is -2.42. The summed E-state index contributed by atoms with van der Waals surface area (Å²) < 4.78 is 35.9. The first-order valence-electron chi connectivity index (χ1n) is 13.6. The summed E-state index contributed by atoms with van der Waals surface area (Å²) in [6.45, 7) is 7.30. The van der Waals surface area contributed by atoms with Crippen molar-refractivity contribution in [3.63, 3.8) is 0 Å². The van der Waals surface area contributed by atoms with Crippen LogP contribution >= 0.6 is 11.3 Å². The first-order chi connectivity index (χ1) is 19.3. The average molecular weight is 570 g/mol. The summed E-state index contributed by atoms with van der Waals surface area (Å²) in [6.07, 6.45) is 0.0873. The molecular formula is C28H33F2N7O2S. The summed E-state index contributed by atoms with van der Waals surface area (Å²) in [5, 5.41) is 15.2. The quantitative estimate of drug-likeness (QED) is 0.379. The van der Waals surface area contributed by atoms with Gasteiger partial charge in [-0.25, -0.2) is 13.8 Å². The number of benzene rings is 1. The molecule has 212 valence electrons. The third-order valence-corrected chi connectivity index (χ3v) is 8.63. The Morgan fingerprint density at radius 1 is 1.23 bits per heavy atom. The van der Waals surface area contributed by atoms with Crippen LogP contribution in [0.5, 0.6) is 0 Å². The molecule has 3 aromatic rings. The number of thiazole rings is 1.